The summed E-state index contributed by atoms with van der Waals surface area (Å²) in [5, 5.41) is 0. The summed E-state index contributed by atoms with van der Waals surface area (Å²) in [5.74, 6) is 0.791. The fraction of sp³-hybridized carbons (Fsp3) is 0.238. The molecule has 0 unspecified atom stereocenters. The summed E-state index contributed by atoms with van der Waals surface area (Å²) in [4.78, 5) is 16.3. The average Bonchev–Trinajstić information content (AvgIpc) is 3.28. The van der Waals surface area contributed by atoms with E-state index in [0.29, 0.717) is 17.7 Å². The van der Waals surface area contributed by atoms with Crippen LogP contribution < -0.4 is 4.74 Å². The van der Waals surface area contributed by atoms with Crippen LogP contribution in [0.25, 0.3) is 6.08 Å². The average molecular weight is 333 g/mol. The van der Waals surface area contributed by atoms with Crippen molar-refractivity contribution in [2.24, 2.45) is 4.99 Å². The molecule has 1 aliphatic heterocycles. The molecule has 0 radical (unpaired) electrons. The number of rotatable bonds is 4. The molecule has 1 heterocycles. The van der Waals surface area contributed by atoms with Crippen molar-refractivity contribution >= 4 is 17.9 Å². The molecule has 4 nitrogen and oxygen atoms in total. The van der Waals surface area contributed by atoms with Crippen LogP contribution in [-0.2, 0) is 9.53 Å². The zero-order valence-corrected chi connectivity index (χ0v) is 13.9. The molecule has 0 bridgehead atoms. The van der Waals surface area contributed by atoms with Crippen molar-refractivity contribution in [2.45, 2.75) is 31.8 Å². The van der Waals surface area contributed by atoms with Crippen molar-refractivity contribution in [2.75, 3.05) is 0 Å². The molecule has 0 atom stereocenters. The Morgan fingerprint density at radius 1 is 1.00 bits per heavy atom. The molecule has 0 N–H and O–H groups in total. The Bertz CT molecular complexity index is 816. The van der Waals surface area contributed by atoms with Crippen molar-refractivity contribution in [1.29, 1.82) is 0 Å². The van der Waals surface area contributed by atoms with Gasteiger partial charge in [0.2, 0.25) is 5.90 Å². The minimum Gasteiger partial charge on any atom is -0.490 e. The second kappa shape index (κ2) is 6.93. The van der Waals surface area contributed by atoms with Gasteiger partial charge in [-0.15, -0.1) is 0 Å². The van der Waals surface area contributed by atoms with Crippen LogP contribution in [0.1, 0.15) is 36.8 Å². The van der Waals surface area contributed by atoms with Gasteiger partial charge in [-0.1, -0.05) is 30.3 Å². The van der Waals surface area contributed by atoms with Crippen molar-refractivity contribution in [3.8, 4) is 5.75 Å². The van der Waals surface area contributed by atoms with E-state index in [4.69, 9.17) is 9.47 Å². The molecule has 0 aromatic heterocycles. The largest absolute Gasteiger partial charge is 0.490 e. The van der Waals surface area contributed by atoms with E-state index in [9.17, 15) is 4.79 Å². The fourth-order valence-electron chi connectivity index (χ4n) is 3.11. The Morgan fingerprint density at radius 3 is 2.44 bits per heavy atom. The highest BCUT2D eigenvalue weighted by atomic mass is 16.6. The SMILES string of the molecule is O=C1OC(c2ccccc2)=N/C1=C/c1ccc(OC2CCCC2)cc1. The zero-order valence-electron chi connectivity index (χ0n) is 13.9. The first-order valence-electron chi connectivity index (χ1n) is 8.63. The highest BCUT2D eigenvalue weighted by Crippen LogP contribution is 2.25. The van der Waals surface area contributed by atoms with E-state index in [1.807, 2.05) is 54.6 Å². The van der Waals surface area contributed by atoms with Gasteiger partial charge in [-0.25, -0.2) is 9.79 Å². The third-order valence-corrected chi connectivity index (χ3v) is 4.43. The standard InChI is InChI=1S/C21H19NO3/c23-21-19(22-20(25-21)16-6-2-1-3-7-16)14-15-10-12-18(13-11-15)24-17-8-4-5-9-17/h1-3,6-7,10-14,17H,4-5,8-9H2/b19-14+. The van der Waals surface area contributed by atoms with Gasteiger partial charge in [0.25, 0.3) is 0 Å². The van der Waals surface area contributed by atoms with Gasteiger partial charge >= 0.3 is 5.97 Å². The number of nitrogens with zero attached hydrogens (tertiary/aromatic N) is 1. The molecule has 2 aromatic carbocycles. The summed E-state index contributed by atoms with van der Waals surface area (Å²) in [6.45, 7) is 0. The Hall–Kier alpha value is -2.88. The van der Waals surface area contributed by atoms with Crippen molar-refractivity contribution in [1.82, 2.24) is 0 Å². The summed E-state index contributed by atoms with van der Waals surface area (Å²) in [5.41, 5.74) is 1.99. The molecule has 4 rings (SSSR count). The highest BCUT2D eigenvalue weighted by Gasteiger charge is 2.24. The molecule has 0 saturated heterocycles. The molecule has 126 valence electrons. The Kier molecular flexibility index (Phi) is 4.34. The predicted molar refractivity (Wildman–Crippen MR) is 96.4 cm³/mol. The van der Waals surface area contributed by atoms with Crippen molar-refractivity contribution < 1.29 is 14.3 Å². The molecule has 1 aliphatic carbocycles. The highest BCUT2D eigenvalue weighted by molar-refractivity contribution is 6.12. The molecule has 1 fully saturated rings. The lowest BCUT2D eigenvalue weighted by Gasteiger charge is -2.12. The van der Waals surface area contributed by atoms with E-state index in [1.54, 1.807) is 6.08 Å². The zero-order chi connectivity index (χ0) is 17.1. The minimum atomic E-state index is -0.426. The third kappa shape index (κ3) is 3.63. The minimum absolute atomic E-state index is 0.309. The number of esters is 1. The van der Waals surface area contributed by atoms with Gasteiger partial charge in [-0.05, 0) is 61.6 Å². The summed E-state index contributed by atoms with van der Waals surface area (Å²) in [6, 6.07) is 17.1. The molecule has 2 aromatic rings. The normalized spacial score (nSPS) is 19.1. The monoisotopic (exact) mass is 333 g/mol. The number of ether oxygens (including phenoxy) is 2. The molecular weight excluding hydrogens is 314 g/mol. The molecule has 1 saturated carbocycles. The Labute approximate surface area is 146 Å². The van der Waals surface area contributed by atoms with Crippen LogP contribution in [0.5, 0.6) is 5.75 Å². The van der Waals surface area contributed by atoms with Gasteiger partial charge in [0, 0.05) is 5.56 Å². The van der Waals surface area contributed by atoms with Gasteiger partial charge in [-0.2, -0.15) is 0 Å². The topological polar surface area (TPSA) is 47.9 Å². The van der Waals surface area contributed by atoms with Crippen LogP contribution in [0.15, 0.2) is 65.3 Å². The Morgan fingerprint density at radius 2 is 1.72 bits per heavy atom. The Balaban J connectivity index is 1.50. The van der Waals surface area contributed by atoms with Crippen molar-refractivity contribution in [3.05, 3.63) is 71.4 Å². The number of cyclic esters (lactones) is 1. The number of benzene rings is 2. The van der Waals surface area contributed by atoms with Crippen molar-refractivity contribution in [3.63, 3.8) is 0 Å². The molecule has 0 amide bonds. The summed E-state index contributed by atoms with van der Waals surface area (Å²) in [7, 11) is 0. The van der Waals surface area contributed by atoms with Gasteiger partial charge < -0.3 is 9.47 Å². The van der Waals surface area contributed by atoms with Crippen LogP contribution in [0, 0.1) is 0 Å². The van der Waals surface area contributed by atoms with E-state index < -0.39 is 5.97 Å². The molecule has 25 heavy (non-hydrogen) atoms. The first-order chi connectivity index (χ1) is 12.3. The van der Waals surface area contributed by atoms with Crippen LogP contribution in [0.4, 0.5) is 0 Å². The molecular formula is C21H19NO3. The number of carbonyl (C=O) groups is 1. The predicted octanol–water partition coefficient (Wildman–Crippen LogP) is 4.35. The van der Waals surface area contributed by atoms with E-state index in [2.05, 4.69) is 4.99 Å². The molecule has 2 aliphatic rings. The van der Waals surface area contributed by atoms with Crippen LogP contribution in [-0.4, -0.2) is 18.0 Å². The maximum absolute atomic E-state index is 12.0. The number of hydrogen-bond acceptors (Lipinski definition) is 4. The lowest BCUT2D eigenvalue weighted by molar-refractivity contribution is -0.129. The first kappa shape index (κ1) is 15.6. The van der Waals surface area contributed by atoms with Gasteiger partial charge in [0.15, 0.2) is 5.70 Å². The number of hydrogen-bond donors (Lipinski definition) is 0. The first-order valence-corrected chi connectivity index (χ1v) is 8.63. The maximum Gasteiger partial charge on any atom is 0.363 e. The second-order valence-electron chi connectivity index (χ2n) is 6.30. The molecule has 0 spiro atoms. The van der Waals surface area contributed by atoms with Gasteiger partial charge in [-0.3, -0.25) is 0 Å². The number of carbonyl (C=O) groups excluding carboxylic acids is 1. The van der Waals surface area contributed by atoms with E-state index >= 15 is 0 Å². The lowest BCUT2D eigenvalue weighted by atomic mass is 10.2. The summed E-state index contributed by atoms with van der Waals surface area (Å²) >= 11 is 0. The van der Waals surface area contributed by atoms with Gasteiger partial charge in [0.05, 0.1) is 6.10 Å². The third-order valence-electron chi connectivity index (χ3n) is 4.43. The smallest absolute Gasteiger partial charge is 0.363 e. The van der Waals surface area contributed by atoms with Crippen LogP contribution in [0.3, 0.4) is 0 Å². The lowest BCUT2D eigenvalue weighted by Crippen LogP contribution is -2.10. The summed E-state index contributed by atoms with van der Waals surface area (Å²) < 4.78 is 11.2. The second-order valence-corrected chi connectivity index (χ2v) is 6.30. The maximum atomic E-state index is 12.0. The number of aliphatic imine (C=N–C) groups is 1. The summed E-state index contributed by atoms with van der Waals surface area (Å²) in [6.07, 6.45) is 6.84. The fourth-order valence-corrected chi connectivity index (χ4v) is 3.11. The van der Waals surface area contributed by atoms with E-state index in [-0.39, 0.29) is 0 Å². The quantitative estimate of drug-likeness (QED) is 0.617. The van der Waals surface area contributed by atoms with Crippen LogP contribution in [0.2, 0.25) is 0 Å². The van der Waals surface area contributed by atoms with E-state index in [1.165, 1.54) is 12.8 Å². The van der Waals surface area contributed by atoms with Gasteiger partial charge in [0.1, 0.15) is 5.75 Å². The molecule has 4 heteroatoms. The van der Waals surface area contributed by atoms with Crippen LogP contribution >= 0.6 is 0 Å². The van der Waals surface area contributed by atoms with E-state index in [0.717, 1.165) is 29.7 Å².